The number of hydrogen-bond donors (Lipinski definition) is 3. The van der Waals surface area contributed by atoms with Crippen LogP contribution in [0, 0.1) is 0 Å². The van der Waals surface area contributed by atoms with Crippen molar-refractivity contribution in [1.29, 1.82) is 0 Å². The molecule has 0 heterocycles. The summed E-state index contributed by atoms with van der Waals surface area (Å²) in [4.78, 5) is 16.5. The van der Waals surface area contributed by atoms with Crippen LogP contribution in [0.4, 0.5) is 0 Å². The molecule has 1 aromatic carbocycles. The average molecular weight is 397 g/mol. The van der Waals surface area contributed by atoms with E-state index < -0.39 is 9.84 Å². The molecule has 0 aromatic heterocycles. The highest BCUT2D eigenvalue weighted by atomic mass is 32.2. The molecule has 0 aliphatic carbocycles. The molecule has 27 heavy (non-hydrogen) atoms. The first kappa shape index (κ1) is 23.0. The second-order valence-corrected chi connectivity index (χ2v) is 9.37. The quantitative estimate of drug-likeness (QED) is 0.459. The molecule has 1 amide bonds. The molecule has 0 saturated carbocycles. The average Bonchev–Trinajstić information content (AvgIpc) is 2.58. The van der Waals surface area contributed by atoms with Crippen molar-refractivity contribution in [3.05, 3.63) is 30.3 Å². The van der Waals surface area contributed by atoms with Gasteiger partial charge in [-0.1, -0.05) is 25.1 Å². The number of nitrogens with one attached hydrogen (secondary N) is 3. The van der Waals surface area contributed by atoms with Crippen LogP contribution >= 0.6 is 0 Å². The Morgan fingerprint density at radius 2 is 1.78 bits per heavy atom. The Bertz CT molecular complexity index is 725. The summed E-state index contributed by atoms with van der Waals surface area (Å²) in [6, 6.07) is 8.07. The maximum absolute atomic E-state index is 12.6. The fourth-order valence-corrected chi connectivity index (χ4v) is 3.99. The lowest BCUT2D eigenvalue weighted by Crippen LogP contribution is -2.47. The van der Waals surface area contributed by atoms with Crippen LogP contribution in [0.5, 0.6) is 0 Å². The standard InChI is InChI=1S/C19H32N4O3S/c1-6-15(14-27(25,26)16-11-9-8-10-12-16)22-18(20-7-2)21-13-17(24)23-19(3,4)5/h8-12,15H,6-7,13-14H2,1-5H3,(H,23,24)(H2,20,21,22). The third-order valence-electron chi connectivity index (χ3n) is 3.60. The van der Waals surface area contributed by atoms with Gasteiger partial charge in [0.15, 0.2) is 15.8 Å². The van der Waals surface area contributed by atoms with E-state index in [0.29, 0.717) is 23.8 Å². The number of sulfone groups is 1. The summed E-state index contributed by atoms with van der Waals surface area (Å²) in [5.41, 5.74) is -0.325. The third kappa shape index (κ3) is 8.90. The van der Waals surface area contributed by atoms with Gasteiger partial charge in [0, 0.05) is 18.1 Å². The molecule has 0 radical (unpaired) electrons. The summed E-state index contributed by atoms with van der Waals surface area (Å²) in [5.74, 6) is 0.188. The van der Waals surface area contributed by atoms with E-state index in [0.717, 1.165) is 0 Å². The van der Waals surface area contributed by atoms with E-state index in [-0.39, 0.29) is 29.8 Å². The van der Waals surface area contributed by atoms with Gasteiger partial charge in [-0.15, -0.1) is 0 Å². The predicted molar refractivity (Wildman–Crippen MR) is 110 cm³/mol. The predicted octanol–water partition coefficient (Wildman–Crippen LogP) is 1.71. The number of benzene rings is 1. The SMILES string of the molecule is CCNC(=NCC(=O)NC(C)(C)C)NC(CC)CS(=O)(=O)c1ccccc1. The fourth-order valence-electron chi connectivity index (χ4n) is 2.37. The molecular weight excluding hydrogens is 364 g/mol. The normalized spacial score (nSPS) is 13.7. The minimum Gasteiger partial charge on any atom is -0.357 e. The Labute approximate surface area is 163 Å². The molecule has 0 spiro atoms. The second-order valence-electron chi connectivity index (χ2n) is 7.34. The highest BCUT2D eigenvalue weighted by Gasteiger charge is 2.21. The van der Waals surface area contributed by atoms with Crippen molar-refractivity contribution in [2.24, 2.45) is 4.99 Å². The lowest BCUT2D eigenvalue weighted by molar-refractivity contribution is -0.121. The summed E-state index contributed by atoms with van der Waals surface area (Å²) in [6.45, 7) is 10.1. The Hall–Kier alpha value is -2.09. The zero-order valence-corrected chi connectivity index (χ0v) is 17.7. The van der Waals surface area contributed by atoms with Crippen LogP contribution in [0.2, 0.25) is 0 Å². The lowest BCUT2D eigenvalue weighted by Gasteiger charge is -2.21. The van der Waals surface area contributed by atoms with E-state index in [1.54, 1.807) is 30.3 Å². The van der Waals surface area contributed by atoms with Gasteiger partial charge in [-0.2, -0.15) is 0 Å². The van der Waals surface area contributed by atoms with Crippen LogP contribution in [0.3, 0.4) is 0 Å². The molecule has 0 aliphatic heterocycles. The van der Waals surface area contributed by atoms with Gasteiger partial charge < -0.3 is 16.0 Å². The van der Waals surface area contributed by atoms with Crippen molar-refractivity contribution in [1.82, 2.24) is 16.0 Å². The zero-order valence-electron chi connectivity index (χ0n) is 16.9. The van der Waals surface area contributed by atoms with E-state index in [1.807, 2.05) is 34.6 Å². The summed E-state index contributed by atoms with van der Waals surface area (Å²) >= 11 is 0. The van der Waals surface area contributed by atoms with Crippen LogP contribution in [0.1, 0.15) is 41.0 Å². The maximum Gasteiger partial charge on any atom is 0.242 e. The van der Waals surface area contributed by atoms with Gasteiger partial charge in [-0.05, 0) is 46.2 Å². The van der Waals surface area contributed by atoms with Crippen molar-refractivity contribution >= 4 is 21.7 Å². The van der Waals surface area contributed by atoms with Gasteiger partial charge in [0.25, 0.3) is 0 Å². The monoisotopic (exact) mass is 396 g/mol. The summed E-state index contributed by atoms with van der Waals surface area (Å²) in [7, 11) is -3.41. The summed E-state index contributed by atoms with van der Waals surface area (Å²) in [6.07, 6.45) is 0.602. The van der Waals surface area contributed by atoms with E-state index in [4.69, 9.17) is 0 Å². The number of aliphatic imine (C=N–C) groups is 1. The van der Waals surface area contributed by atoms with Gasteiger partial charge >= 0.3 is 0 Å². The minimum absolute atomic E-state index is 0.0333. The fraction of sp³-hybridized carbons (Fsp3) is 0.579. The molecule has 8 heteroatoms. The van der Waals surface area contributed by atoms with Crippen molar-refractivity contribution in [2.45, 2.75) is 57.5 Å². The Kier molecular flexibility index (Phi) is 8.75. The van der Waals surface area contributed by atoms with Crippen LogP contribution in [-0.2, 0) is 14.6 Å². The molecule has 1 aromatic rings. The van der Waals surface area contributed by atoms with Gasteiger partial charge in [-0.3, -0.25) is 4.79 Å². The number of rotatable bonds is 8. The highest BCUT2D eigenvalue weighted by Crippen LogP contribution is 2.12. The van der Waals surface area contributed by atoms with Crippen LogP contribution < -0.4 is 16.0 Å². The van der Waals surface area contributed by atoms with Crippen LogP contribution in [-0.4, -0.2) is 50.7 Å². The van der Waals surface area contributed by atoms with Gasteiger partial charge in [0.2, 0.25) is 5.91 Å². The lowest BCUT2D eigenvalue weighted by atomic mass is 10.1. The molecule has 0 saturated heterocycles. The molecule has 1 rings (SSSR count). The molecule has 1 atom stereocenters. The van der Waals surface area contributed by atoms with E-state index >= 15 is 0 Å². The smallest absolute Gasteiger partial charge is 0.242 e. The zero-order chi connectivity index (χ0) is 20.5. The molecule has 0 fully saturated rings. The highest BCUT2D eigenvalue weighted by molar-refractivity contribution is 7.91. The van der Waals surface area contributed by atoms with Crippen molar-refractivity contribution in [2.75, 3.05) is 18.8 Å². The number of carbonyl (C=O) groups excluding carboxylic acids is 1. The van der Waals surface area contributed by atoms with E-state index in [2.05, 4.69) is 20.9 Å². The Balaban J connectivity index is 2.80. The van der Waals surface area contributed by atoms with Gasteiger partial charge in [0.05, 0.1) is 10.6 Å². The third-order valence-corrected chi connectivity index (χ3v) is 5.43. The van der Waals surface area contributed by atoms with Crippen molar-refractivity contribution < 1.29 is 13.2 Å². The second kappa shape index (κ2) is 10.3. The molecular formula is C19H32N4O3S. The van der Waals surface area contributed by atoms with Crippen molar-refractivity contribution in [3.8, 4) is 0 Å². The minimum atomic E-state index is -3.41. The largest absolute Gasteiger partial charge is 0.357 e. The first-order chi connectivity index (χ1) is 12.6. The summed E-state index contributed by atoms with van der Waals surface area (Å²) < 4.78 is 25.2. The van der Waals surface area contributed by atoms with E-state index in [9.17, 15) is 13.2 Å². The topological polar surface area (TPSA) is 99.7 Å². The summed E-state index contributed by atoms with van der Waals surface area (Å²) in [5, 5.41) is 9.03. The number of hydrogen-bond acceptors (Lipinski definition) is 4. The van der Waals surface area contributed by atoms with Gasteiger partial charge in [0.1, 0.15) is 6.54 Å². The van der Waals surface area contributed by atoms with E-state index in [1.165, 1.54) is 0 Å². The molecule has 0 bridgehead atoms. The van der Waals surface area contributed by atoms with Crippen LogP contribution in [0.15, 0.2) is 40.2 Å². The maximum atomic E-state index is 12.6. The molecule has 1 unspecified atom stereocenters. The Morgan fingerprint density at radius 3 is 2.30 bits per heavy atom. The van der Waals surface area contributed by atoms with Crippen molar-refractivity contribution in [3.63, 3.8) is 0 Å². The first-order valence-corrected chi connectivity index (χ1v) is 10.9. The van der Waals surface area contributed by atoms with Gasteiger partial charge in [-0.25, -0.2) is 13.4 Å². The Morgan fingerprint density at radius 1 is 1.15 bits per heavy atom. The molecule has 0 aliphatic rings. The molecule has 152 valence electrons. The number of guanidine groups is 1. The molecule has 3 N–H and O–H groups in total. The number of nitrogens with zero attached hydrogens (tertiary/aromatic N) is 1. The number of amides is 1. The first-order valence-electron chi connectivity index (χ1n) is 9.21. The molecule has 7 nitrogen and oxygen atoms in total. The number of carbonyl (C=O) groups is 1. The van der Waals surface area contributed by atoms with Crippen LogP contribution in [0.25, 0.3) is 0 Å².